The lowest BCUT2D eigenvalue weighted by atomic mass is 10.3. The van der Waals surface area contributed by atoms with Gasteiger partial charge in [0.05, 0.1) is 0 Å². The Kier molecular flexibility index (Phi) is 6.36. The highest BCUT2D eigenvalue weighted by molar-refractivity contribution is 6.90. The molecule has 1 N–H and O–H groups in total. The normalized spacial score (nSPS) is 14.2. The zero-order chi connectivity index (χ0) is 12.9. The Morgan fingerprint density at radius 2 is 1.31 bits per heavy atom. The van der Waals surface area contributed by atoms with Crippen molar-refractivity contribution < 1.29 is 5.11 Å². The van der Waals surface area contributed by atoms with Crippen LogP contribution < -0.4 is 0 Å². The van der Waals surface area contributed by atoms with Crippen LogP contribution in [-0.4, -0.2) is 19.3 Å². The fourth-order valence-electron chi connectivity index (χ4n) is 2.74. The van der Waals surface area contributed by atoms with E-state index in [0.717, 1.165) is 6.42 Å². The van der Waals surface area contributed by atoms with Crippen LogP contribution in [-0.2, 0) is 0 Å². The number of hydrogen-bond donors (Lipinski definition) is 1. The highest BCUT2D eigenvalue weighted by atomic mass is 28.3. The standard InChI is InChI=1S/C14H28OSi/c1-8-14(15)9-10-16(11(2)3,12(4)5)13(6)7/h11-15H,8H2,1-7H3/t14-/m1/s1. The van der Waals surface area contributed by atoms with Crippen molar-refractivity contribution in [1.29, 1.82) is 0 Å². The molecule has 1 nitrogen and oxygen atoms in total. The first kappa shape index (κ1) is 15.7. The summed E-state index contributed by atoms with van der Waals surface area (Å²) in [5.41, 5.74) is 5.45. The van der Waals surface area contributed by atoms with Gasteiger partial charge in [-0.05, 0) is 23.0 Å². The molecule has 0 aromatic carbocycles. The van der Waals surface area contributed by atoms with E-state index in [4.69, 9.17) is 0 Å². The molecule has 0 aromatic rings. The van der Waals surface area contributed by atoms with Crippen LogP contribution in [0.5, 0.6) is 0 Å². The van der Waals surface area contributed by atoms with E-state index in [2.05, 4.69) is 53.0 Å². The van der Waals surface area contributed by atoms with Crippen molar-refractivity contribution in [2.45, 2.75) is 77.6 Å². The van der Waals surface area contributed by atoms with Gasteiger partial charge in [0.25, 0.3) is 0 Å². The van der Waals surface area contributed by atoms with Gasteiger partial charge < -0.3 is 5.11 Å². The molecule has 0 aliphatic heterocycles. The second-order valence-corrected chi connectivity index (χ2v) is 11.2. The number of aliphatic hydroxyl groups excluding tert-OH is 1. The first-order valence-corrected chi connectivity index (χ1v) is 8.72. The molecule has 0 saturated heterocycles. The van der Waals surface area contributed by atoms with Gasteiger partial charge in [-0.2, -0.15) is 0 Å². The van der Waals surface area contributed by atoms with Crippen molar-refractivity contribution in [1.82, 2.24) is 0 Å². The largest absolute Gasteiger partial charge is 0.380 e. The predicted octanol–water partition coefficient (Wildman–Crippen LogP) is 3.98. The number of hydrogen-bond acceptors (Lipinski definition) is 1. The highest BCUT2D eigenvalue weighted by Crippen LogP contribution is 2.40. The molecule has 0 radical (unpaired) electrons. The molecular weight excluding hydrogens is 212 g/mol. The Balaban J connectivity index is 5.26. The predicted molar refractivity (Wildman–Crippen MR) is 75.1 cm³/mol. The van der Waals surface area contributed by atoms with Gasteiger partial charge in [-0.25, -0.2) is 0 Å². The van der Waals surface area contributed by atoms with E-state index in [0.29, 0.717) is 16.6 Å². The molecular formula is C14H28OSi. The first-order valence-electron chi connectivity index (χ1n) is 6.49. The second kappa shape index (κ2) is 6.47. The van der Waals surface area contributed by atoms with Gasteiger partial charge >= 0.3 is 0 Å². The summed E-state index contributed by atoms with van der Waals surface area (Å²) in [7, 11) is -1.63. The second-order valence-electron chi connectivity index (χ2n) is 5.59. The third-order valence-electron chi connectivity index (χ3n) is 3.71. The molecule has 16 heavy (non-hydrogen) atoms. The van der Waals surface area contributed by atoms with Gasteiger partial charge in [-0.1, -0.05) is 54.4 Å². The van der Waals surface area contributed by atoms with Crippen molar-refractivity contribution in [2.75, 3.05) is 0 Å². The van der Waals surface area contributed by atoms with Crippen molar-refractivity contribution in [2.24, 2.45) is 0 Å². The quantitative estimate of drug-likeness (QED) is 0.582. The molecule has 0 aliphatic carbocycles. The van der Waals surface area contributed by atoms with Gasteiger partial charge in [0, 0.05) is 0 Å². The van der Waals surface area contributed by atoms with E-state index < -0.39 is 14.2 Å². The molecule has 0 rings (SSSR count). The summed E-state index contributed by atoms with van der Waals surface area (Å²) >= 11 is 0. The average Bonchev–Trinajstić information content (AvgIpc) is 2.16. The molecule has 0 saturated carbocycles. The minimum atomic E-state index is -1.63. The third-order valence-corrected chi connectivity index (χ3v) is 10.0. The van der Waals surface area contributed by atoms with E-state index in [-0.39, 0.29) is 0 Å². The number of aliphatic hydroxyl groups is 1. The Bertz CT molecular complexity index is 236. The topological polar surface area (TPSA) is 20.2 Å². The summed E-state index contributed by atoms with van der Waals surface area (Å²) in [6, 6.07) is 0. The monoisotopic (exact) mass is 240 g/mol. The summed E-state index contributed by atoms with van der Waals surface area (Å²) in [6.45, 7) is 15.7. The van der Waals surface area contributed by atoms with E-state index in [1.165, 1.54) is 0 Å². The fourth-order valence-corrected chi connectivity index (χ4v) is 8.03. The van der Waals surface area contributed by atoms with Crippen LogP contribution in [0.4, 0.5) is 0 Å². The van der Waals surface area contributed by atoms with Gasteiger partial charge in [0.15, 0.2) is 0 Å². The van der Waals surface area contributed by atoms with Crippen molar-refractivity contribution in [3.63, 3.8) is 0 Å². The average molecular weight is 240 g/mol. The molecule has 1 atom stereocenters. The Labute approximate surface area is 103 Å². The molecule has 0 bridgehead atoms. The summed E-state index contributed by atoms with van der Waals surface area (Å²) in [5, 5.41) is 9.62. The van der Waals surface area contributed by atoms with Crippen LogP contribution in [0.15, 0.2) is 0 Å². The fraction of sp³-hybridized carbons (Fsp3) is 0.857. The molecule has 2 heteroatoms. The van der Waals surface area contributed by atoms with E-state index >= 15 is 0 Å². The molecule has 0 amide bonds. The van der Waals surface area contributed by atoms with E-state index in [1.54, 1.807) is 0 Å². The summed E-state index contributed by atoms with van der Waals surface area (Å²) in [4.78, 5) is 0. The minimum absolute atomic E-state index is 0.442. The maximum absolute atomic E-state index is 9.62. The Hall–Kier alpha value is -0.263. The van der Waals surface area contributed by atoms with Crippen LogP contribution >= 0.6 is 0 Å². The van der Waals surface area contributed by atoms with Gasteiger partial charge in [-0.15, -0.1) is 5.54 Å². The van der Waals surface area contributed by atoms with Crippen molar-refractivity contribution in [3.05, 3.63) is 0 Å². The summed E-state index contributed by atoms with van der Waals surface area (Å²) in [5.74, 6) is 3.08. The van der Waals surface area contributed by atoms with Gasteiger partial charge in [-0.3, -0.25) is 0 Å². The number of rotatable bonds is 4. The maximum Gasteiger partial charge on any atom is 0.146 e. The first-order chi connectivity index (χ1) is 7.28. The lowest BCUT2D eigenvalue weighted by molar-refractivity contribution is 0.228. The van der Waals surface area contributed by atoms with Crippen molar-refractivity contribution >= 4 is 8.07 Å². The molecule has 0 spiro atoms. The zero-order valence-electron chi connectivity index (χ0n) is 12.0. The van der Waals surface area contributed by atoms with Crippen LogP contribution in [0.3, 0.4) is 0 Å². The summed E-state index contributed by atoms with van der Waals surface area (Å²) in [6.07, 6.45) is 0.286. The molecule has 0 unspecified atom stereocenters. The van der Waals surface area contributed by atoms with Crippen LogP contribution in [0, 0.1) is 11.5 Å². The van der Waals surface area contributed by atoms with Crippen molar-refractivity contribution in [3.8, 4) is 11.5 Å². The lowest BCUT2D eigenvalue weighted by Gasteiger charge is -2.38. The molecule has 0 fully saturated rings. The lowest BCUT2D eigenvalue weighted by Crippen LogP contribution is -2.43. The maximum atomic E-state index is 9.62. The van der Waals surface area contributed by atoms with Gasteiger partial charge in [0.1, 0.15) is 14.2 Å². The van der Waals surface area contributed by atoms with E-state index in [9.17, 15) is 5.11 Å². The highest BCUT2D eigenvalue weighted by Gasteiger charge is 2.41. The Morgan fingerprint density at radius 1 is 0.938 bits per heavy atom. The van der Waals surface area contributed by atoms with Crippen LogP contribution in [0.25, 0.3) is 0 Å². The van der Waals surface area contributed by atoms with Gasteiger partial charge in [0.2, 0.25) is 0 Å². The zero-order valence-corrected chi connectivity index (χ0v) is 13.0. The van der Waals surface area contributed by atoms with Crippen LogP contribution in [0.2, 0.25) is 16.6 Å². The van der Waals surface area contributed by atoms with Crippen LogP contribution in [0.1, 0.15) is 54.9 Å². The molecule has 0 aliphatic rings. The smallest absolute Gasteiger partial charge is 0.146 e. The molecule has 94 valence electrons. The van der Waals surface area contributed by atoms with E-state index in [1.807, 2.05) is 6.92 Å². The minimum Gasteiger partial charge on any atom is -0.380 e. The molecule has 0 heterocycles. The molecule has 0 aromatic heterocycles. The third kappa shape index (κ3) is 3.36. The Morgan fingerprint density at radius 3 is 1.56 bits per heavy atom. The summed E-state index contributed by atoms with van der Waals surface area (Å²) < 4.78 is 0. The SMILES string of the molecule is CC[C@@H](O)C#C[Si](C(C)C)(C(C)C)C(C)C.